The fraction of sp³-hybridized carbons (Fsp3) is 0.444. The van der Waals surface area contributed by atoms with Crippen LogP contribution in [0.25, 0.3) is 0 Å². The molecule has 0 spiro atoms. The van der Waals surface area contributed by atoms with E-state index in [9.17, 15) is 0 Å². The van der Waals surface area contributed by atoms with Crippen LogP contribution < -0.4 is 5.32 Å². The molecule has 1 heterocycles. The summed E-state index contributed by atoms with van der Waals surface area (Å²) in [4.78, 5) is 2.30. The summed E-state index contributed by atoms with van der Waals surface area (Å²) in [5.41, 5.74) is 3.98. The lowest BCUT2D eigenvalue weighted by Gasteiger charge is -2.17. The minimum Gasteiger partial charge on any atom is -0.468 e. The lowest BCUT2D eigenvalue weighted by Crippen LogP contribution is -2.20. The molecule has 0 bridgehead atoms. The molecule has 3 nitrogen and oxygen atoms in total. The molecular formula is C18H26N2O. The molecule has 0 saturated carbocycles. The molecular weight excluding hydrogens is 260 g/mol. The summed E-state index contributed by atoms with van der Waals surface area (Å²) in [7, 11) is 2.14. The second-order valence-electron chi connectivity index (χ2n) is 5.64. The van der Waals surface area contributed by atoms with Crippen molar-refractivity contribution in [2.24, 2.45) is 0 Å². The first kappa shape index (κ1) is 15.8. The number of furan rings is 1. The number of hydrogen-bond acceptors (Lipinski definition) is 3. The van der Waals surface area contributed by atoms with Crippen molar-refractivity contribution in [3.05, 3.63) is 59.0 Å². The Labute approximate surface area is 128 Å². The van der Waals surface area contributed by atoms with Crippen molar-refractivity contribution in [1.29, 1.82) is 0 Å². The Hall–Kier alpha value is -1.58. The number of rotatable bonds is 8. The standard InChI is InChI=1S/C18H26N2O/c1-4-10-19-12-16-9-11-21-18(16)14-20(3)13-17-8-6-5-7-15(17)2/h5-9,11,19H,4,10,12-14H2,1-3H3. The van der Waals surface area contributed by atoms with Crippen LogP contribution in [-0.2, 0) is 19.6 Å². The molecule has 0 unspecified atom stereocenters. The Kier molecular flexibility index (Phi) is 6.03. The van der Waals surface area contributed by atoms with E-state index < -0.39 is 0 Å². The molecule has 0 amide bonds. The van der Waals surface area contributed by atoms with E-state index >= 15 is 0 Å². The molecule has 1 N–H and O–H groups in total. The molecule has 0 aliphatic carbocycles. The summed E-state index contributed by atoms with van der Waals surface area (Å²) in [5.74, 6) is 1.06. The van der Waals surface area contributed by atoms with Crippen molar-refractivity contribution < 1.29 is 4.42 Å². The highest BCUT2D eigenvalue weighted by Crippen LogP contribution is 2.15. The first-order valence-corrected chi connectivity index (χ1v) is 7.69. The fourth-order valence-corrected chi connectivity index (χ4v) is 2.44. The molecule has 1 aromatic heterocycles. The van der Waals surface area contributed by atoms with Gasteiger partial charge in [-0.25, -0.2) is 0 Å². The van der Waals surface area contributed by atoms with Gasteiger partial charge in [0.1, 0.15) is 5.76 Å². The van der Waals surface area contributed by atoms with E-state index in [1.165, 1.54) is 16.7 Å². The largest absolute Gasteiger partial charge is 0.468 e. The van der Waals surface area contributed by atoms with Crippen molar-refractivity contribution in [3.63, 3.8) is 0 Å². The van der Waals surface area contributed by atoms with Gasteiger partial charge in [-0.15, -0.1) is 0 Å². The van der Waals surface area contributed by atoms with Crippen LogP contribution in [0.2, 0.25) is 0 Å². The zero-order chi connectivity index (χ0) is 15.1. The first-order chi connectivity index (χ1) is 10.2. The van der Waals surface area contributed by atoms with E-state index in [1.54, 1.807) is 6.26 Å². The summed E-state index contributed by atoms with van der Waals surface area (Å²) in [6, 6.07) is 10.6. The molecule has 1 aromatic carbocycles. The van der Waals surface area contributed by atoms with Gasteiger partial charge in [-0.3, -0.25) is 4.90 Å². The smallest absolute Gasteiger partial charge is 0.122 e. The maximum Gasteiger partial charge on any atom is 0.122 e. The Bertz CT molecular complexity index is 548. The average molecular weight is 286 g/mol. The second-order valence-corrected chi connectivity index (χ2v) is 5.64. The van der Waals surface area contributed by atoms with Crippen LogP contribution in [0.4, 0.5) is 0 Å². The highest BCUT2D eigenvalue weighted by Gasteiger charge is 2.10. The van der Waals surface area contributed by atoms with Gasteiger partial charge >= 0.3 is 0 Å². The number of benzene rings is 1. The minimum absolute atomic E-state index is 0.838. The van der Waals surface area contributed by atoms with E-state index in [0.717, 1.165) is 38.4 Å². The normalized spacial score (nSPS) is 11.2. The van der Waals surface area contributed by atoms with Crippen molar-refractivity contribution >= 4 is 0 Å². The van der Waals surface area contributed by atoms with Crippen LogP contribution in [0.1, 0.15) is 35.8 Å². The van der Waals surface area contributed by atoms with Crippen molar-refractivity contribution in [2.75, 3.05) is 13.6 Å². The summed E-state index contributed by atoms with van der Waals surface area (Å²) in [6.07, 6.45) is 2.94. The van der Waals surface area contributed by atoms with Gasteiger partial charge in [0.25, 0.3) is 0 Å². The second kappa shape index (κ2) is 8.01. The van der Waals surface area contributed by atoms with Crippen LogP contribution in [0.15, 0.2) is 41.0 Å². The van der Waals surface area contributed by atoms with Gasteiger partial charge in [0.05, 0.1) is 12.8 Å². The highest BCUT2D eigenvalue weighted by molar-refractivity contribution is 5.25. The molecule has 0 fully saturated rings. The fourth-order valence-electron chi connectivity index (χ4n) is 2.44. The Morgan fingerprint density at radius 1 is 1.10 bits per heavy atom. The maximum absolute atomic E-state index is 5.65. The molecule has 0 aliphatic heterocycles. The van der Waals surface area contributed by atoms with E-state index in [0.29, 0.717) is 0 Å². The molecule has 2 rings (SSSR count). The van der Waals surface area contributed by atoms with Gasteiger partial charge in [0.2, 0.25) is 0 Å². The molecule has 0 radical (unpaired) electrons. The van der Waals surface area contributed by atoms with Gasteiger partial charge in [-0.05, 0) is 44.1 Å². The van der Waals surface area contributed by atoms with Crippen LogP contribution in [0, 0.1) is 6.92 Å². The number of nitrogens with one attached hydrogen (secondary N) is 1. The average Bonchev–Trinajstić information content (AvgIpc) is 2.89. The topological polar surface area (TPSA) is 28.4 Å². The van der Waals surface area contributed by atoms with Crippen molar-refractivity contribution in [3.8, 4) is 0 Å². The third-order valence-electron chi connectivity index (χ3n) is 3.69. The van der Waals surface area contributed by atoms with Crippen molar-refractivity contribution in [2.45, 2.75) is 39.9 Å². The number of aryl methyl sites for hydroxylation is 1. The van der Waals surface area contributed by atoms with E-state index in [-0.39, 0.29) is 0 Å². The third-order valence-corrected chi connectivity index (χ3v) is 3.69. The highest BCUT2D eigenvalue weighted by atomic mass is 16.3. The molecule has 0 aliphatic rings. The lowest BCUT2D eigenvalue weighted by molar-refractivity contribution is 0.285. The lowest BCUT2D eigenvalue weighted by atomic mass is 10.1. The monoisotopic (exact) mass is 286 g/mol. The van der Waals surface area contributed by atoms with E-state index in [4.69, 9.17) is 4.42 Å². The number of nitrogens with zero attached hydrogens (tertiary/aromatic N) is 1. The molecule has 0 saturated heterocycles. The van der Waals surface area contributed by atoms with Gasteiger partial charge in [0, 0.05) is 18.7 Å². The van der Waals surface area contributed by atoms with E-state index in [2.05, 4.69) is 61.4 Å². The Balaban J connectivity index is 1.92. The molecule has 114 valence electrons. The molecule has 2 aromatic rings. The van der Waals surface area contributed by atoms with Crippen LogP contribution in [0.3, 0.4) is 0 Å². The van der Waals surface area contributed by atoms with E-state index in [1.807, 2.05) is 0 Å². The molecule has 3 heteroatoms. The predicted octanol–water partition coefficient (Wildman–Crippen LogP) is 3.72. The summed E-state index contributed by atoms with van der Waals surface area (Å²) in [5, 5.41) is 3.43. The van der Waals surface area contributed by atoms with Crippen LogP contribution in [-0.4, -0.2) is 18.5 Å². The van der Waals surface area contributed by atoms with Crippen LogP contribution in [0.5, 0.6) is 0 Å². The zero-order valence-corrected chi connectivity index (χ0v) is 13.4. The molecule has 0 atom stereocenters. The Morgan fingerprint density at radius 3 is 2.67 bits per heavy atom. The SMILES string of the molecule is CCCNCc1ccoc1CN(C)Cc1ccccc1C. The van der Waals surface area contributed by atoms with Gasteiger partial charge < -0.3 is 9.73 Å². The van der Waals surface area contributed by atoms with Gasteiger partial charge in [-0.2, -0.15) is 0 Å². The Morgan fingerprint density at radius 2 is 1.90 bits per heavy atom. The maximum atomic E-state index is 5.65. The third kappa shape index (κ3) is 4.73. The van der Waals surface area contributed by atoms with Gasteiger partial charge in [0.15, 0.2) is 0 Å². The predicted molar refractivity (Wildman–Crippen MR) is 87.1 cm³/mol. The zero-order valence-electron chi connectivity index (χ0n) is 13.4. The molecule has 21 heavy (non-hydrogen) atoms. The minimum atomic E-state index is 0.838. The summed E-state index contributed by atoms with van der Waals surface area (Å²) >= 11 is 0. The van der Waals surface area contributed by atoms with Crippen molar-refractivity contribution in [1.82, 2.24) is 10.2 Å². The summed E-state index contributed by atoms with van der Waals surface area (Å²) < 4.78 is 5.65. The van der Waals surface area contributed by atoms with Gasteiger partial charge in [-0.1, -0.05) is 31.2 Å². The first-order valence-electron chi connectivity index (χ1n) is 7.69. The number of hydrogen-bond donors (Lipinski definition) is 1. The summed E-state index contributed by atoms with van der Waals surface area (Å²) in [6.45, 7) is 8.05. The van der Waals surface area contributed by atoms with Crippen LogP contribution >= 0.6 is 0 Å². The quantitative estimate of drug-likeness (QED) is 0.750.